The number of anilines is 2. The monoisotopic (exact) mass is 304 g/mol. The van der Waals surface area contributed by atoms with Crippen molar-refractivity contribution in [3.8, 4) is 0 Å². The summed E-state index contributed by atoms with van der Waals surface area (Å²) in [6.45, 7) is 2.22. The first kappa shape index (κ1) is 13.1. The number of benzene rings is 1. The van der Waals surface area contributed by atoms with Crippen molar-refractivity contribution in [2.24, 2.45) is 0 Å². The Morgan fingerprint density at radius 1 is 1.11 bits per heavy atom. The maximum absolute atomic E-state index is 4.35. The summed E-state index contributed by atoms with van der Waals surface area (Å²) in [6.07, 6.45) is 3.65. The quantitative estimate of drug-likeness (QED) is 0.792. The third-order valence-electron chi connectivity index (χ3n) is 2.76. The van der Waals surface area contributed by atoms with E-state index < -0.39 is 0 Å². The van der Waals surface area contributed by atoms with Gasteiger partial charge in [0.1, 0.15) is 10.4 Å². The van der Waals surface area contributed by atoms with E-state index in [1.54, 1.807) is 0 Å². The third-order valence-corrected chi connectivity index (χ3v) is 3.20. The summed E-state index contributed by atoms with van der Waals surface area (Å²) in [4.78, 5) is 4.35. The van der Waals surface area contributed by atoms with E-state index in [4.69, 9.17) is 0 Å². The Morgan fingerprint density at radius 3 is 2.56 bits per heavy atom. The number of aromatic nitrogens is 1. The second kappa shape index (κ2) is 6.55. The largest absolute Gasteiger partial charge is 0.340 e. The van der Waals surface area contributed by atoms with E-state index in [-0.39, 0.29) is 0 Å². The zero-order chi connectivity index (χ0) is 12.8. The molecule has 0 radical (unpaired) electrons. The maximum atomic E-state index is 4.35. The lowest BCUT2D eigenvalue weighted by Crippen LogP contribution is -1.93. The van der Waals surface area contributed by atoms with Crippen LogP contribution in [0.1, 0.15) is 25.3 Å². The summed E-state index contributed by atoms with van der Waals surface area (Å²) >= 11 is 3.36. The molecule has 0 spiro atoms. The number of unbranched alkanes of at least 4 members (excludes halogenated alkanes) is 1. The Morgan fingerprint density at radius 2 is 1.89 bits per heavy atom. The van der Waals surface area contributed by atoms with Crippen molar-refractivity contribution in [1.82, 2.24) is 4.98 Å². The molecule has 1 aromatic carbocycles. The normalized spacial score (nSPS) is 10.3. The van der Waals surface area contributed by atoms with Gasteiger partial charge in [-0.3, -0.25) is 0 Å². The van der Waals surface area contributed by atoms with Crippen LogP contribution in [0, 0.1) is 0 Å². The van der Waals surface area contributed by atoms with Gasteiger partial charge < -0.3 is 5.32 Å². The zero-order valence-corrected chi connectivity index (χ0v) is 12.1. The van der Waals surface area contributed by atoms with Crippen molar-refractivity contribution in [3.05, 3.63) is 52.6 Å². The van der Waals surface area contributed by atoms with Crippen LogP contribution in [0.4, 0.5) is 11.5 Å². The first-order chi connectivity index (χ1) is 8.78. The molecular weight excluding hydrogens is 288 g/mol. The summed E-state index contributed by atoms with van der Waals surface area (Å²) in [6, 6.07) is 14.4. The highest BCUT2D eigenvalue weighted by atomic mass is 79.9. The van der Waals surface area contributed by atoms with Gasteiger partial charge in [-0.25, -0.2) is 4.98 Å². The zero-order valence-electron chi connectivity index (χ0n) is 10.5. The molecule has 0 saturated heterocycles. The highest BCUT2D eigenvalue weighted by molar-refractivity contribution is 9.10. The molecule has 0 saturated carbocycles. The van der Waals surface area contributed by atoms with Gasteiger partial charge in [-0.05, 0) is 58.6 Å². The van der Waals surface area contributed by atoms with Gasteiger partial charge >= 0.3 is 0 Å². The van der Waals surface area contributed by atoms with E-state index in [9.17, 15) is 0 Å². The van der Waals surface area contributed by atoms with E-state index in [0.29, 0.717) is 0 Å². The summed E-state index contributed by atoms with van der Waals surface area (Å²) in [5.74, 6) is 0.852. The first-order valence-electron chi connectivity index (χ1n) is 6.26. The fraction of sp³-hybridized carbons (Fsp3) is 0.267. The van der Waals surface area contributed by atoms with E-state index in [1.165, 1.54) is 18.4 Å². The Balaban J connectivity index is 2.02. The van der Waals surface area contributed by atoms with Crippen LogP contribution >= 0.6 is 15.9 Å². The molecule has 1 N–H and O–H groups in total. The number of aryl methyl sites for hydroxylation is 1. The molecule has 1 aromatic heterocycles. The highest BCUT2D eigenvalue weighted by Gasteiger charge is 1.97. The van der Waals surface area contributed by atoms with Gasteiger partial charge in [-0.15, -0.1) is 0 Å². The first-order valence-corrected chi connectivity index (χ1v) is 7.06. The highest BCUT2D eigenvalue weighted by Crippen LogP contribution is 2.17. The lowest BCUT2D eigenvalue weighted by atomic mass is 10.1. The molecule has 0 unspecified atom stereocenters. The summed E-state index contributed by atoms with van der Waals surface area (Å²) in [5, 5.41) is 3.29. The molecule has 2 aromatic rings. The summed E-state index contributed by atoms with van der Waals surface area (Å²) in [5.41, 5.74) is 2.46. The minimum Gasteiger partial charge on any atom is -0.340 e. The molecule has 0 bridgehead atoms. The molecule has 0 aliphatic carbocycles. The molecule has 94 valence electrons. The van der Waals surface area contributed by atoms with E-state index in [2.05, 4.69) is 57.4 Å². The van der Waals surface area contributed by atoms with Crippen LogP contribution < -0.4 is 5.32 Å². The molecule has 3 heteroatoms. The number of rotatable bonds is 5. The molecule has 0 atom stereocenters. The van der Waals surface area contributed by atoms with Crippen LogP contribution in [0.2, 0.25) is 0 Å². The van der Waals surface area contributed by atoms with Gasteiger partial charge in [0.15, 0.2) is 0 Å². The SMILES string of the molecule is CCCCc1ccc(Nc2cccc(Br)n2)cc1. The van der Waals surface area contributed by atoms with Gasteiger partial charge in [0.25, 0.3) is 0 Å². The van der Waals surface area contributed by atoms with Crippen molar-refractivity contribution in [3.63, 3.8) is 0 Å². The van der Waals surface area contributed by atoms with Gasteiger partial charge in [-0.1, -0.05) is 31.5 Å². The van der Waals surface area contributed by atoms with Gasteiger partial charge in [-0.2, -0.15) is 0 Å². The van der Waals surface area contributed by atoms with Crippen LogP contribution in [0.15, 0.2) is 47.1 Å². The molecule has 18 heavy (non-hydrogen) atoms. The topological polar surface area (TPSA) is 24.9 Å². The Kier molecular flexibility index (Phi) is 4.76. The van der Waals surface area contributed by atoms with Crippen LogP contribution in [0.5, 0.6) is 0 Å². The second-order valence-electron chi connectivity index (χ2n) is 4.27. The smallest absolute Gasteiger partial charge is 0.131 e. The molecule has 1 heterocycles. The minimum atomic E-state index is 0.840. The van der Waals surface area contributed by atoms with Crippen molar-refractivity contribution in [1.29, 1.82) is 0 Å². The van der Waals surface area contributed by atoms with Gasteiger partial charge in [0.05, 0.1) is 0 Å². The minimum absolute atomic E-state index is 0.840. The Labute approximate surface area is 117 Å². The van der Waals surface area contributed by atoms with Crippen molar-refractivity contribution >= 4 is 27.4 Å². The molecule has 2 nitrogen and oxygen atoms in total. The molecule has 0 amide bonds. The molecule has 0 fully saturated rings. The third kappa shape index (κ3) is 3.84. The van der Waals surface area contributed by atoms with Crippen LogP contribution in [0.25, 0.3) is 0 Å². The number of nitrogens with zero attached hydrogens (tertiary/aromatic N) is 1. The van der Waals surface area contributed by atoms with Gasteiger partial charge in [0.2, 0.25) is 0 Å². The van der Waals surface area contributed by atoms with Crippen molar-refractivity contribution < 1.29 is 0 Å². The fourth-order valence-electron chi connectivity index (χ4n) is 1.76. The van der Waals surface area contributed by atoms with Crippen LogP contribution in [-0.4, -0.2) is 4.98 Å². The number of nitrogens with one attached hydrogen (secondary N) is 1. The molecular formula is C15H17BrN2. The van der Waals surface area contributed by atoms with Crippen molar-refractivity contribution in [2.75, 3.05) is 5.32 Å². The van der Waals surface area contributed by atoms with Gasteiger partial charge in [0, 0.05) is 5.69 Å². The van der Waals surface area contributed by atoms with Crippen molar-refractivity contribution in [2.45, 2.75) is 26.2 Å². The lowest BCUT2D eigenvalue weighted by molar-refractivity contribution is 0.795. The summed E-state index contributed by atoms with van der Waals surface area (Å²) < 4.78 is 0.840. The van der Waals surface area contributed by atoms with Crippen LogP contribution in [-0.2, 0) is 6.42 Å². The molecule has 0 aliphatic heterocycles. The molecule has 0 aliphatic rings. The lowest BCUT2D eigenvalue weighted by Gasteiger charge is -2.07. The summed E-state index contributed by atoms with van der Waals surface area (Å²) in [7, 11) is 0. The Bertz CT molecular complexity index is 494. The number of hydrogen-bond donors (Lipinski definition) is 1. The fourth-order valence-corrected chi connectivity index (χ4v) is 2.11. The molecule has 2 rings (SSSR count). The maximum Gasteiger partial charge on any atom is 0.131 e. The Hall–Kier alpha value is -1.35. The van der Waals surface area contributed by atoms with E-state index in [1.807, 2.05) is 18.2 Å². The van der Waals surface area contributed by atoms with E-state index >= 15 is 0 Å². The average Bonchev–Trinajstić information content (AvgIpc) is 2.38. The second-order valence-corrected chi connectivity index (χ2v) is 5.08. The predicted octanol–water partition coefficient (Wildman–Crippen LogP) is 4.93. The van der Waals surface area contributed by atoms with Crippen LogP contribution in [0.3, 0.4) is 0 Å². The predicted molar refractivity (Wildman–Crippen MR) is 80.3 cm³/mol. The van der Waals surface area contributed by atoms with E-state index in [0.717, 1.165) is 22.5 Å². The number of halogens is 1. The standard InChI is InChI=1S/C15H17BrN2/c1-2-3-5-12-8-10-13(11-9-12)17-15-7-4-6-14(16)18-15/h4,6-11H,2-3,5H2,1H3,(H,17,18). The number of pyridine rings is 1. The number of hydrogen-bond acceptors (Lipinski definition) is 2. The average molecular weight is 305 g/mol.